The number of aliphatic hydroxyl groups is 1. The Kier molecular flexibility index (Phi) is 4.11. The minimum Gasteiger partial charge on any atom is -0.396 e. The molecule has 0 saturated heterocycles. The van der Waals surface area contributed by atoms with Crippen molar-refractivity contribution in [2.75, 3.05) is 12.8 Å². The molecule has 1 N–H and O–H groups in total. The van der Waals surface area contributed by atoms with E-state index < -0.39 is 6.04 Å². The summed E-state index contributed by atoms with van der Waals surface area (Å²) in [6.45, 7) is 0.140. The Morgan fingerprint density at radius 1 is 0.824 bits per heavy atom. The third-order valence-electron chi connectivity index (χ3n) is 2.76. The summed E-state index contributed by atoms with van der Waals surface area (Å²) in [5.74, 6) is 0. The maximum Gasteiger partial charge on any atom is 0.0483 e. The van der Waals surface area contributed by atoms with Gasteiger partial charge in [0.05, 0.1) is 0 Å². The minimum absolute atomic E-state index is 0.140. The van der Waals surface area contributed by atoms with Crippen molar-refractivity contribution in [2.24, 2.45) is 0 Å². The molecular formula is C14H15OPS. The third-order valence-corrected chi connectivity index (χ3v) is 7.67. The molecule has 0 fully saturated rings. The molecule has 0 saturated carbocycles. The molecule has 17 heavy (non-hydrogen) atoms. The lowest BCUT2D eigenvalue weighted by Gasteiger charge is -2.22. The number of hydrogen-bond donors (Lipinski definition) is 1. The van der Waals surface area contributed by atoms with E-state index in [9.17, 15) is 5.11 Å². The van der Waals surface area contributed by atoms with Crippen LogP contribution in [-0.4, -0.2) is 17.9 Å². The van der Waals surface area contributed by atoms with Crippen molar-refractivity contribution in [1.29, 1.82) is 0 Å². The van der Waals surface area contributed by atoms with Gasteiger partial charge in [0.1, 0.15) is 0 Å². The fourth-order valence-electron chi connectivity index (χ4n) is 1.89. The molecule has 88 valence electrons. The average molecular weight is 262 g/mol. The summed E-state index contributed by atoms with van der Waals surface area (Å²) in [5.41, 5.74) is 0. The van der Waals surface area contributed by atoms with E-state index >= 15 is 0 Å². The number of benzene rings is 2. The zero-order valence-electron chi connectivity index (χ0n) is 9.49. The topological polar surface area (TPSA) is 20.2 Å². The van der Waals surface area contributed by atoms with Crippen LogP contribution in [0, 0.1) is 0 Å². The highest BCUT2D eigenvalue weighted by molar-refractivity contribution is 8.21. The maximum absolute atomic E-state index is 9.29. The molecule has 3 heteroatoms. The van der Waals surface area contributed by atoms with Crippen LogP contribution < -0.4 is 10.6 Å². The Labute approximate surface area is 107 Å². The van der Waals surface area contributed by atoms with E-state index in [1.165, 1.54) is 10.6 Å². The molecule has 1 nitrogen and oxygen atoms in total. The fraction of sp³-hybridized carbons (Fsp3) is 0.143. The molecule has 0 amide bonds. The van der Waals surface area contributed by atoms with Gasteiger partial charge in [-0.05, 0) is 10.6 Å². The first-order valence-electron chi connectivity index (χ1n) is 5.58. The molecule has 0 aliphatic carbocycles. The number of aliphatic hydroxyl groups excluding tert-OH is 1. The molecule has 0 heterocycles. The second kappa shape index (κ2) is 5.59. The highest BCUT2D eigenvalue weighted by Gasteiger charge is 2.20. The summed E-state index contributed by atoms with van der Waals surface area (Å²) in [4.78, 5) is 0. The lowest BCUT2D eigenvalue weighted by molar-refractivity contribution is 0.322. The molecule has 0 bridgehead atoms. The molecule has 0 atom stereocenters. The van der Waals surface area contributed by atoms with Crippen LogP contribution in [0.15, 0.2) is 60.7 Å². The Balaban J connectivity index is 2.51. The Bertz CT molecular complexity index is 467. The van der Waals surface area contributed by atoms with Gasteiger partial charge in [0.25, 0.3) is 0 Å². The van der Waals surface area contributed by atoms with Gasteiger partial charge >= 0.3 is 0 Å². The van der Waals surface area contributed by atoms with Gasteiger partial charge in [-0.15, -0.1) is 0 Å². The van der Waals surface area contributed by atoms with E-state index in [-0.39, 0.29) is 6.61 Å². The van der Waals surface area contributed by atoms with Crippen LogP contribution in [0.1, 0.15) is 0 Å². The van der Waals surface area contributed by atoms with E-state index in [0.717, 1.165) is 0 Å². The van der Waals surface area contributed by atoms with Crippen molar-refractivity contribution < 1.29 is 5.11 Å². The van der Waals surface area contributed by atoms with Crippen LogP contribution in [-0.2, 0) is 11.8 Å². The predicted molar refractivity (Wildman–Crippen MR) is 78.4 cm³/mol. The largest absolute Gasteiger partial charge is 0.396 e. The molecule has 2 aromatic carbocycles. The van der Waals surface area contributed by atoms with Gasteiger partial charge in [-0.1, -0.05) is 72.5 Å². The van der Waals surface area contributed by atoms with Crippen LogP contribution in [0.2, 0.25) is 0 Å². The SMILES string of the molecule is OCCP(=S)(c1ccccc1)c1ccccc1. The molecule has 0 spiro atoms. The first-order chi connectivity index (χ1) is 8.27. The lowest BCUT2D eigenvalue weighted by Crippen LogP contribution is -2.19. The van der Waals surface area contributed by atoms with Crippen LogP contribution >= 0.6 is 6.04 Å². The van der Waals surface area contributed by atoms with Crippen molar-refractivity contribution in [3.05, 3.63) is 60.7 Å². The average Bonchev–Trinajstić information content (AvgIpc) is 2.41. The summed E-state index contributed by atoms with van der Waals surface area (Å²) in [5, 5.41) is 11.6. The van der Waals surface area contributed by atoms with Gasteiger partial charge in [0.2, 0.25) is 0 Å². The second-order valence-electron chi connectivity index (χ2n) is 3.86. The Morgan fingerprint density at radius 3 is 1.59 bits per heavy atom. The monoisotopic (exact) mass is 262 g/mol. The third kappa shape index (κ3) is 2.66. The van der Waals surface area contributed by atoms with Crippen LogP contribution in [0.3, 0.4) is 0 Å². The Morgan fingerprint density at radius 2 is 1.24 bits per heavy atom. The highest BCUT2D eigenvalue weighted by Crippen LogP contribution is 2.42. The zero-order chi connectivity index (χ0) is 12.1. The standard InChI is InChI=1S/C14H15OPS/c15-11-12-16(17,13-7-3-1-4-8-13)14-9-5-2-6-10-14/h1-10,15H,11-12H2. The first-order valence-corrected chi connectivity index (χ1v) is 8.57. The van der Waals surface area contributed by atoms with Gasteiger partial charge in [-0.3, -0.25) is 0 Å². The summed E-state index contributed by atoms with van der Waals surface area (Å²) < 4.78 is 0. The van der Waals surface area contributed by atoms with Gasteiger partial charge in [-0.25, -0.2) is 0 Å². The number of rotatable bonds is 4. The van der Waals surface area contributed by atoms with Gasteiger partial charge in [0.15, 0.2) is 0 Å². The van der Waals surface area contributed by atoms with Crippen molar-refractivity contribution in [1.82, 2.24) is 0 Å². The lowest BCUT2D eigenvalue weighted by atomic mass is 10.4. The highest BCUT2D eigenvalue weighted by atomic mass is 32.4. The zero-order valence-corrected chi connectivity index (χ0v) is 11.2. The van der Waals surface area contributed by atoms with Gasteiger partial charge < -0.3 is 5.11 Å². The predicted octanol–water partition coefficient (Wildman–Crippen LogP) is 2.11. The van der Waals surface area contributed by atoms with E-state index in [2.05, 4.69) is 24.3 Å². The molecule has 2 rings (SSSR count). The second-order valence-corrected chi connectivity index (χ2v) is 8.69. The summed E-state index contributed by atoms with van der Waals surface area (Å²) >= 11 is 5.89. The van der Waals surface area contributed by atoms with E-state index in [0.29, 0.717) is 6.16 Å². The molecule has 0 radical (unpaired) electrons. The molecule has 0 unspecified atom stereocenters. The minimum atomic E-state index is -1.84. The van der Waals surface area contributed by atoms with Crippen LogP contribution in [0.25, 0.3) is 0 Å². The molecule has 0 aromatic heterocycles. The Hall–Kier alpha value is -0.950. The summed E-state index contributed by atoms with van der Waals surface area (Å²) in [6.07, 6.45) is 0.663. The normalized spacial score (nSPS) is 11.4. The number of hydrogen-bond acceptors (Lipinski definition) is 2. The molecule has 0 aliphatic rings. The smallest absolute Gasteiger partial charge is 0.0483 e. The van der Waals surface area contributed by atoms with Gasteiger partial charge in [-0.2, -0.15) is 0 Å². The van der Waals surface area contributed by atoms with Crippen LogP contribution in [0.5, 0.6) is 0 Å². The maximum atomic E-state index is 9.29. The van der Waals surface area contributed by atoms with Crippen molar-refractivity contribution in [2.45, 2.75) is 0 Å². The molecule has 2 aromatic rings. The van der Waals surface area contributed by atoms with Crippen molar-refractivity contribution in [3.8, 4) is 0 Å². The summed E-state index contributed by atoms with van der Waals surface area (Å²) in [7, 11) is 0. The van der Waals surface area contributed by atoms with Crippen molar-refractivity contribution >= 4 is 28.5 Å². The quantitative estimate of drug-likeness (QED) is 0.852. The fourth-order valence-corrected chi connectivity index (χ4v) is 5.26. The van der Waals surface area contributed by atoms with Crippen molar-refractivity contribution in [3.63, 3.8) is 0 Å². The van der Waals surface area contributed by atoms with Crippen LogP contribution in [0.4, 0.5) is 0 Å². The van der Waals surface area contributed by atoms with E-state index in [4.69, 9.17) is 11.8 Å². The molecule has 0 aliphatic heterocycles. The summed E-state index contributed by atoms with van der Waals surface area (Å²) in [6, 6.07) is 18.5. The first kappa shape index (κ1) is 12.5. The van der Waals surface area contributed by atoms with E-state index in [1.807, 2.05) is 36.4 Å². The molecular weight excluding hydrogens is 247 g/mol. The van der Waals surface area contributed by atoms with Gasteiger partial charge in [0, 0.05) is 18.8 Å². The van der Waals surface area contributed by atoms with E-state index in [1.54, 1.807) is 0 Å².